The number of rotatable bonds is 4. The molecule has 2 heterocycles. The van der Waals surface area contributed by atoms with Gasteiger partial charge in [-0.25, -0.2) is 18.4 Å². The van der Waals surface area contributed by atoms with Crippen molar-refractivity contribution in [2.24, 2.45) is 5.92 Å². The Labute approximate surface area is 167 Å². The van der Waals surface area contributed by atoms with Crippen LogP contribution in [-0.4, -0.2) is 35.0 Å². The molecular weight excluding hydrogens is 415 g/mol. The number of carbonyl (C=O) groups is 3. The van der Waals surface area contributed by atoms with Crippen LogP contribution in [0.15, 0.2) is 12.1 Å². The number of benzene rings is 1. The highest BCUT2D eigenvalue weighted by molar-refractivity contribution is 6.07. The van der Waals surface area contributed by atoms with Crippen molar-refractivity contribution in [3.05, 3.63) is 34.4 Å². The van der Waals surface area contributed by atoms with Crippen LogP contribution in [0, 0.1) is 5.92 Å². The summed E-state index contributed by atoms with van der Waals surface area (Å²) in [6.07, 6.45) is -6.84. The summed E-state index contributed by atoms with van der Waals surface area (Å²) < 4.78 is 65.6. The monoisotopic (exact) mass is 432 g/mol. The average Bonchev–Trinajstić information content (AvgIpc) is 3.35. The Morgan fingerprint density at radius 1 is 1.20 bits per heavy atom. The zero-order valence-electron chi connectivity index (χ0n) is 15.4. The van der Waals surface area contributed by atoms with E-state index in [-0.39, 0.29) is 36.7 Å². The molecule has 1 aliphatic carbocycles. The predicted molar refractivity (Wildman–Crippen MR) is 91.2 cm³/mol. The van der Waals surface area contributed by atoms with Crippen molar-refractivity contribution in [1.82, 2.24) is 20.9 Å². The summed E-state index contributed by atoms with van der Waals surface area (Å²) in [6.45, 7) is -0.520. The molecule has 30 heavy (non-hydrogen) atoms. The Morgan fingerprint density at radius 3 is 2.33 bits per heavy atom. The molecule has 3 aliphatic rings. The largest absolute Gasteiger partial charge is 0.416 e. The predicted octanol–water partition coefficient (Wildman–Crippen LogP) is 2.66. The van der Waals surface area contributed by atoms with E-state index in [0.29, 0.717) is 18.9 Å². The smallest absolute Gasteiger partial charge is 0.335 e. The number of halogens is 5. The lowest BCUT2D eigenvalue weighted by molar-refractivity contribution is -0.139. The number of fused-ring (bicyclic) bond motifs is 1. The first kappa shape index (κ1) is 20.4. The van der Waals surface area contributed by atoms with Gasteiger partial charge >= 0.3 is 18.2 Å². The fraction of sp³-hybridized carbons (Fsp3) is 0.500. The molecule has 1 aromatic rings. The van der Waals surface area contributed by atoms with Gasteiger partial charge in [0.05, 0.1) is 12.1 Å². The molecular formula is C18H17F5N4O3. The normalized spacial score (nSPS) is 23.5. The Balaban J connectivity index is 1.48. The molecule has 1 saturated carbocycles. The number of alkyl halides is 5. The molecule has 2 aliphatic heterocycles. The second kappa shape index (κ2) is 6.81. The quantitative estimate of drug-likeness (QED) is 0.505. The fourth-order valence-corrected chi connectivity index (χ4v) is 4.00. The first-order chi connectivity index (χ1) is 14.0. The lowest BCUT2D eigenvalue weighted by atomic mass is 9.93. The molecule has 162 valence electrons. The van der Waals surface area contributed by atoms with Crippen LogP contribution in [0.1, 0.15) is 41.5 Å². The number of nitrogens with one attached hydrogen (secondary N) is 3. The molecule has 12 heteroatoms. The highest BCUT2D eigenvalue weighted by Crippen LogP contribution is 2.42. The van der Waals surface area contributed by atoms with Crippen LogP contribution in [-0.2, 0) is 24.1 Å². The van der Waals surface area contributed by atoms with Gasteiger partial charge in [-0.15, -0.1) is 0 Å². The third-order valence-corrected chi connectivity index (χ3v) is 5.68. The van der Waals surface area contributed by atoms with Gasteiger partial charge in [-0.1, -0.05) is 0 Å². The highest BCUT2D eigenvalue weighted by Gasteiger charge is 2.56. The zero-order chi connectivity index (χ0) is 21.8. The van der Waals surface area contributed by atoms with Gasteiger partial charge in [0.15, 0.2) is 0 Å². The number of hydrogen-bond donors (Lipinski definition) is 3. The molecule has 0 bridgehead atoms. The van der Waals surface area contributed by atoms with Crippen LogP contribution in [0.2, 0.25) is 0 Å². The number of hydrogen-bond acceptors (Lipinski definition) is 3. The van der Waals surface area contributed by atoms with Gasteiger partial charge in [0.25, 0.3) is 12.3 Å². The van der Waals surface area contributed by atoms with Crippen LogP contribution in [0.3, 0.4) is 0 Å². The van der Waals surface area contributed by atoms with E-state index < -0.39 is 47.2 Å². The van der Waals surface area contributed by atoms with Crippen molar-refractivity contribution < 1.29 is 36.3 Å². The number of urea groups is 2. The molecule has 3 N–H and O–H groups in total. The van der Waals surface area contributed by atoms with Gasteiger partial charge in [0.1, 0.15) is 5.54 Å². The SMILES string of the molecule is O=C1NC(=O)[C@](CNC(=O)N2Cc3cc(C(F)F)c(C(F)(F)F)cc3C2)(C2CC2)N1. The van der Waals surface area contributed by atoms with Crippen molar-refractivity contribution in [2.45, 2.75) is 44.1 Å². The van der Waals surface area contributed by atoms with Crippen LogP contribution in [0.5, 0.6) is 0 Å². The zero-order valence-corrected chi connectivity index (χ0v) is 15.4. The topological polar surface area (TPSA) is 90.5 Å². The molecule has 1 aromatic carbocycles. The van der Waals surface area contributed by atoms with E-state index in [1.54, 1.807) is 0 Å². The summed E-state index contributed by atoms with van der Waals surface area (Å²) in [5.41, 5.74) is -3.47. The summed E-state index contributed by atoms with van der Waals surface area (Å²) in [4.78, 5) is 37.4. The maximum Gasteiger partial charge on any atom is 0.416 e. The maximum absolute atomic E-state index is 13.1. The first-order valence-corrected chi connectivity index (χ1v) is 9.18. The van der Waals surface area contributed by atoms with Gasteiger partial charge < -0.3 is 15.5 Å². The average molecular weight is 432 g/mol. The lowest BCUT2D eigenvalue weighted by Crippen LogP contribution is -2.58. The molecule has 0 unspecified atom stereocenters. The van der Waals surface area contributed by atoms with Crippen molar-refractivity contribution in [3.63, 3.8) is 0 Å². The molecule has 7 nitrogen and oxygen atoms in total. The van der Waals surface area contributed by atoms with Gasteiger partial charge in [0, 0.05) is 18.7 Å². The third-order valence-electron chi connectivity index (χ3n) is 5.68. The first-order valence-electron chi connectivity index (χ1n) is 9.18. The van der Waals surface area contributed by atoms with Crippen LogP contribution in [0.25, 0.3) is 0 Å². The molecule has 2 fully saturated rings. The van der Waals surface area contributed by atoms with Gasteiger partial charge in [-0.3, -0.25) is 10.1 Å². The Kier molecular flexibility index (Phi) is 4.62. The summed E-state index contributed by atoms with van der Waals surface area (Å²) in [6, 6.07) is 0.105. The van der Waals surface area contributed by atoms with E-state index in [2.05, 4.69) is 16.0 Å². The second-order valence-electron chi connectivity index (χ2n) is 7.68. The van der Waals surface area contributed by atoms with E-state index in [0.717, 1.165) is 11.0 Å². The van der Waals surface area contributed by atoms with E-state index in [1.807, 2.05) is 0 Å². The molecule has 1 saturated heterocycles. The molecule has 5 amide bonds. The minimum Gasteiger partial charge on any atom is -0.335 e. The standard InChI is InChI=1S/C18H17F5N4O3/c19-13(20)11-3-8-5-27(6-9(8)4-12(11)18(21,22)23)16(30)24-7-17(10-1-2-10)14(28)25-15(29)26-17/h3-4,10,13H,1-2,5-7H2,(H,24,30)(H2,25,26,28,29)/t17-/m0/s1. The Hall–Kier alpha value is -2.92. The molecule has 0 radical (unpaired) electrons. The van der Waals surface area contributed by atoms with E-state index in [1.165, 1.54) is 0 Å². The van der Waals surface area contributed by atoms with E-state index in [4.69, 9.17) is 0 Å². The van der Waals surface area contributed by atoms with Crippen LogP contribution in [0.4, 0.5) is 31.5 Å². The minimum atomic E-state index is -4.94. The van der Waals surface area contributed by atoms with Gasteiger partial charge in [0.2, 0.25) is 0 Å². The van der Waals surface area contributed by atoms with Crippen LogP contribution >= 0.6 is 0 Å². The molecule has 4 rings (SSSR count). The summed E-state index contributed by atoms with van der Waals surface area (Å²) >= 11 is 0. The number of amides is 5. The molecule has 0 spiro atoms. The van der Waals surface area contributed by atoms with Crippen molar-refractivity contribution >= 4 is 18.0 Å². The third kappa shape index (κ3) is 3.43. The second-order valence-corrected chi connectivity index (χ2v) is 7.68. The van der Waals surface area contributed by atoms with Crippen molar-refractivity contribution in [2.75, 3.05) is 6.54 Å². The number of nitrogens with zero attached hydrogens (tertiary/aromatic N) is 1. The maximum atomic E-state index is 13.1. The van der Waals surface area contributed by atoms with Crippen molar-refractivity contribution in [3.8, 4) is 0 Å². The number of imide groups is 1. The fourth-order valence-electron chi connectivity index (χ4n) is 4.00. The lowest BCUT2D eigenvalue weighted by Gasteiger charge is -2.27. The van der Waals surface area contributed by atoms with Crippen molar-refractivity contribution in [1.29, 1.82) is 0 Å². The van der Waals surface area contributed by atoms with Gasteiger partial charge in [-0.2, -0.15) is 13.2 Å². The Morgan fingerprint density at radius 2 is 1.83 bits per heavy atom. The minimum absolute atomic E-state index is 0.122. The summed E-state index contributed by atoms with van der Waals surface area (Å²) in [5, 5.41) is 7.22. The summed E-state index contributed by atoms with van der Waals surface area (Å²) in [5.74, 6) is -0.667. The molecule has 0 aromatic heterocycles. The van der Waals surface area contributed by atoms with E-state index >= 15 is 0 Å². The highest BCUT2D eigenvalue weighted by atomic mass is 19.4. The molecule has 1 atom stereocenters. The number of carbonyl (C=O) groups excluding carboxylic acids is 3. The van der Waals surface area contributed by atoms with E-state index in [9.17, 15) is 36.3 Å². The summed E-state index contributed by atoms with van der Waals surface area (Å²) in [7, 11) is 0. The van der Waals surface area contributed by atoms with Gasteiger partial charge in [-0.05, 0) is 42.0 Å². The van der Waals surface area contributed by atoms with Crippen LogP contribution < -0.4 is 16.0 Å². The Bertz CT molecular complexity index is 931.